The van der Waals surface area contributed by atoms with Gasteiger partial charge in [-0.1, -0.05) is 23.9 Å². The van der Waals surface area contributed by atoms with Crippen molar-refractivity contribution in [3.8, 4) is 0 Å². The van der Waals surface area contributed by atoms with Gasteiger partial charge in [-0.3, -0.25) is 10.1 Å². The fraction of sp³-hybridized carbons (Fsp3) is 0.250. The van der Waals surface area contributed by atoms with Crippen LogP contribution in [-0.2, 0) is 0 Å². The van der Waals surface area contributed by atoms with Crippen molar-refractivity contribution in [2.24, 2.45) is 0 Å². The molecule has 0 fully saturated rings. The highest BCUT2D eigenvalue weighted by atomic mass is 32.2. The van der Waals surface area contributed by atoms with Crippen LogP contribution >= 0.6 is 23.1 Å². The summed E-state index contributed by atoms with van der Waals surface area (Å²) >= 11 is 3.33. The second-order valence-electron chi connectivity index (χ2n) is 3.70. The van der Waals surface area contributed by atoms with Gasteiger partial charge < -0.3 is 5.32 Å². The van der Waals surface area contributed by atoms with Gasteiger partial charge in [0.25, 0.3) is 5.69 Å². The summed E-state index contributed by atoms with van der Waals surface area (Å²) in [5, 5.41) is 15.9. The maximum Gasteiger partial charge on any atom is 0.292 e. The van der Waals surface area contributed by atoms with Gasteiger partial charge in [0.1, 0.15) is 10.0 Å². The number of hydrogen-bond donors (Lipinski definition) is 1. The standard InChI is InChI=1S/C12H13N3O2S2/c16-15(17)11-5-2-1-4-10(11)13-6-3-8-18-12-14-7-9-19-12/h1-2,4-5,7,9,13H,3,6,8H2. The molecule has 0 amide bonds. The van der Waals surface area contributed by atoms with Crippen LogP contribution in [0.1, 0.15) is 6.42 Å². The molecule has 1 aromatic heterocycles. The van der Waals surface area contributed by atoms with Crippen LogP contribution in [0, 0.1) is 10.1 Å². The van der Waals surface area contributed by atoms with Crippen LogP contribution in [-0.4, -0.2) is 22.2 Å². The summed E-state index contributed by atoms with van der Waals surface area (Å²) < 4.78 is 1.06. The Bertz CT molecular complexity index is 532. The van der Waals surface area contributed by atoms with E-state index < -0.39 is 0 Å². The summed E-state index contributed by atoms with van der Waals surface area (Å²) in [7, 11) is 0. The smallest absolute Gasteiger partial charge is 0.292 e. The molecule has 19 heavy (non-hydrogen) atoms. The quantitative estimate of drug-likeness (QED) is 0.365. The van der Waals surface area contributed by atoms with Crippen molar-refractivity contribution in [3.63, 3.8) is 0 Å². The van der Waals surface area contributed by atoms with E-state index in [-0.39, 0.29) is 10.6 Å². The van der Waals surface area contributed by atoms with Crippen molar-refractivity contribution < 1.29 is 4.92 Å². The molecule has 0 spiro atoms. The third kappa shape index (κ3) is 4.22. The molecule has 0 bridgehead atoms. The molecule has 0 unspecified atom stereocenters. The number of nitrogens with one attached hydrogen (secondary N) is 1. The van der Waals surface area contributed by atoms with Crippen molar-refractivity contribution in [2.75, 3.05) is 17.6 Å². The van der Waals surface area contributed by atoms with Crippen LogP contribution in [0.2, 0.25) is 0 Å². The van der Waals surface area contributed by atoms with E-state index in [4.69, 9.17) is 0 Å². The average molecular weight is 295 g/mol. The Labute approximate surface area is 119 Å². The summed E-state index contributed by atoms with van der Waals surface area (Å²) in [5.41, 5.74) is 0.696. The van der Waals surface area contributed by atoms with Gasteiger partial charge in [-0.05, 0) is 12.5 Å². The SMILES string of the molecule is O=[N+]([O-])c1ccccc1NCCCSc1nccs1. The molecule has 2 aromatic rings. The molecule has 0 saturated heterocycles. The number of nitro benzene ring substituents is 1. The number of nitro groups is 1. The maximum atomic E-state index is 10.8. The largest absolute Gasteiger partial charge is 0.379 e. The van der Waals surface area contributed by atoms with Crippen LogP contribution in [0.3, 0.4) is 0 Å². The highest BCUT2D eigenvalue weighted by molar-refractivity contribution is 8.00. The molecule has 7 heteroatoms. The van der Waals surface area contributed by atoms with Gasteiger partial charge >= 0.3 is 0 Å². The molecule has 2 rings (SSSR count). The van der Waals surface area contributed by atoms with E-state index >= 15 is 0 Å². The van der Waals surface area contributed by atoms with Gasteiger partial charge in [0.05, 0.1) is 4.92 Å². The zero-order chi connectivity index (χ0) is 13.5. The molecule has 0 atom stereocenters. The predicted octanol–water partition coefficient (Wildman–Crippen LogP) is 3.65. The van der Waals surface area contributed by atoms with Crippen LogP contribution in [0.5, 0.6) is 0 Å². The van der Waals surface area contributed by atoms with E-state index in [1.54, 1.807) is 47.5 Å². The Kier molecular flexibility index (Phi) is 5.17. The van der Waals surface area contributed by atoms with Gasteiger partial charge in [0.2, 0.25) is 0 Å². The molecular formula is C12H13N3O2S2. The zero-order valence-electron chi connectivity index (χ0n) is 10.1. The lowest BCUT2D eigenvalue weighted by Gasteiger charge is -2.06. The highest BCUT2D eigenvalue weighted by Crippen LogP contribution is 2.24. The third-order valence-corrected chi connectivity index (χ3v) is 4.42. The van der Waals surface area contributed by atoms with Crippen molar-refractivity contribution in [1.29, 1.82) is 0 Å². The molecule has 1 aromatic carbocycles. The summed E-state index contributed by atoms with van der Waals surface area (Å²) in [4.78, 5) is 14.6. The Morgan fingerprint density at radius 2 is 2.26 bits per heavy atom. The monoisotopic (exact) mass is 295 g/mol. The minimum Gasteiger partial charge on any atom is -0.379 e. The minimum absolute atomic E-state index is 0.120. The highest BCUT2D eigenvalue weighted by Gasteiger charge is 2.10. The lowest BCUT2D eigenvalue weighted by Crippen LogP contribution is -2.04. The number of hydrogen-bond acceptors (Lipinski definition) is 6. The molecule has 100 valence electrons. The molecule has 0 aliphatic carbocycles. The van der Waals surface area contributed by atoms with Crippen LogP contribution in [0.15, 0.2) is 40.2 Å². The first-order valence-corrected chi connectivity index (χ1v) is 7.63. The maximum absolute atomic E-state index is 10.8. The summed E-state index contributed by atoms with van der Waals surface area (Å²) in [5.74, 6) is 0.946. The van der Waals surface area contributed by atoms with E-state index in [1.807, 2.05) is 5.38 Å². The Hall–Kier alpha value is -1.60. The molecule has 0 aliphatic heterocycles. The van der Waals surface area contributed by atoms with Gasteiger partial charge in [-0.2, -0.15) is 0 Å². The van der Waals surface area contributed by atoms with Gasteiger partial charge in [0, 0.05) is 29.9 Å². The Morgan fingerprint density at radius 3 is 3.00 bits per heavy atom. The molecule has 1 heterocycles. The number of aromatic nitrogens is 1. The van der Waals surface area contributed by atoms with E-state index in [2.05, 4.69) is 10.3 Å². The summed E-state index contributed by atoms with van der Waals surface area (Å²) in [6, 6.07) is 6.69. The number of thioether (sulfide) groups is 1. The molecule has 0 saturated carbocycles. The molecule has 5 nitrogen and oxygen atoms in total. The lowest BCUT2D eigenvalue weighted by molar-refractivity contribution is -0.384. The average Bonchev–Trinajstić information content (AvgIpc) is 2.92. The Morgan fingerprint density at radius 1 is 1.42 bits per heavy atom. The topological polar surface area (TPSA) is 68.1 Å². The number of nitrogens with zero attached hydrogens (tertiary/aromatic N) is 2. The fourth-order valence-electron chi connectivity index (χ4n) is 1.52. The summed E-state index contributed by atoms with van der Waals surface area (Å²) in [6.45, 7) is 0.712. The molecule has 0 radical (unpaired) electrons. The first kappa shape index (κ1) is 13.8. The Balaban J connectivity index is 1.75. The first-order chi connectivity index (χ1) is 9.27. The lowest BCUT2D eigenvalue weighted by atomic mass is 10.2. The van der Waals surface area contributed by atoms with Crippen molar-refractivity contribution in [1.82, 2.24) is 4.98 Å². The summed E-state index contributed by atoms with van der Waals surface area (Å²) in [6.07, 6.45) is 2.72. The third-order valence-electron chi connectivity index (χ3n) is 2.37. The second-order valence-corrected chi connectivity index (χ2v) is 5.94. The minimum atomic E-state index is -0.368. The number of anilines is 1. The van der Waals surface area contributed by atoms with Crippen LogP contribution < -0.4 is 5.32 Å². The van der Waals surface area contributed by atoms with E-state index in [9.17, 15) is 10.1 Å². The number of rotatable bonds is 7. The van der Waals surface area contributed by atoms with Gasteiger partial charge in [-0.15, -0.1) is 11.3 Å². The zero-order valence-corrected chi connectivity index (χ0v) is 11.7. The normalized spacial score (nSPS) is 10.3. The molecule has 0 aliphatic rings. The fourth-order valence-corrected chi connectivity index (χ4v) is 3.17. The van der Waals surface area contributed by atoms with Gasteiger partial charge in [0.15, 0.2) is 0 Å². The van der Waals surface area contributed by atoms with Gasteiger partial charge in [-0.25, -0.2) is 4.98 Å². The van der Waals surface area contributed by atoms with Crippen LogP contribution in [0.4, 0.5) is 11.4 Å². The van der Waals surface area contributed by atoms with E-state index in [1.165, 1.54) is 6.07 Å². The van der Waals surface area contributed by atoms with Crippen molar-refractivity contribution in [2.45, 2.75) is 10.8 Å². The van der Waals surface area contributed by atoms with E-state index in [0.717, 1.165) is 16.5 Å². The van der Waals surface area contributed by atoms with Crippen LogP contribution in [0.25, 0.3) is 0 Å². The van der Waals surface area contributed by atoms with E-state index in [0.29, 0.717) is 12.2 Å². The first-order valence-electron chi connectivity index (χ1n) is 5.77. The number of benzene rings is 1. The molecular weight excluding hydrogens is 282 g/mol. The molecule has 1 N–H and O–H groups in total. The second kappa shape index (κ2) is 7.10. The predicted molar refractivity (Wildman–Crippen MR) is 79.0 cm³/mol. The number of para-hydroxylation sites is 2. The van der Waals surface area contributed by atoms with Crippen molar-refractivity contribution in [3.05, 3.63) is 46.0 Å². The van der Waals surface area contributed by atoms with Crippen molar-refractivity contribution >= 4 is 34.5 Å². The number of thiazole rings is 1.